The van der Waals surface area contributed by atoms with Gasteiger partial charge in [0.2, 0.25) is 0 Å². The third-order valence-electron chi connectivity index (χ3n) is 7.40. The molecule has 2 fully saturated rings. The molecule has 4 heterocycles. The molecule has 0 bridgehead atoms. The molecule has 9 nitrogen and oxygen atoms in total. The predicted molar refractivity (Wildman–Crippen MR) is 160 cm³/mol. The zero-order chi connectivity index (χ0) is 28.9. The van der Waals surface area contributed by atoms with Crippen LogP contribution in [-0.4, -0.2) is 80.0 Å². The van der Waals surface area contributed by atoms with Crippen LogP contribution in [0.25, 0.3) is 11.1 Å². The minimum absolute atomic E-state index is 0.0921. The number of pyridine rings is 2. The number of piperazine rings is 1. The van der Waals surface area contributed by atoms with Gasteiger partial charge in [0.05, 0.1) is 18.2 Å². The monoisotopic (exact) mass is 604 g/mol. The van der Waals surface area contributed by atoms with Crippen LogP contribution in [0.4, 0.5) is 16.0 Å². The maximum Gasteiger partial charge on any atom is 0.166 e. The van der Waals surface area contributed by atoms with E-state index in [4.69, 9.17) is 48.1 Å². The van der Waals surface area contributed by atoms with Crippen LogP contribution >= 0.6 is 23.2 Å². The van der Waals surface area contributed by atoms with Gasteiger partial charge in [-0.2, -0.15) is 0 Å². The van der Waals surface area contributed by atoms with Crippen LogP contribution in [0.1, 0.15) is 25.5 Å². The van der Waals surface area contributed by atoms with Gasteiger partial charge in [0, 0.05) is 85.5 Å². The van der Waals surface area contributed by atoms with Gasteiger partial charge in [-0.15, -0.1) is 0 Å². The van der Waals surface area contributed by atoms with E-state index in [-0.39, 0.29) is 10.8 Å². The van der Waals surface area contributed by atoms with Gasteiger partial charge in [0.25, 0.3) is 0 Å². The van der Waals surface area contributed by atoms with E-state index in [0.29, 0.717) is 40.3 Å². The number of hydrogen-bond acceptors (Lipinski definition) is 9. The van der Waals surface area contributed by atoms with Crippen molar-refractivity contribution >= 4 is 34.8 Å². The smallest absolute Gasteiger partial charge is 0.166 e. The summed E-state index contributed by atoms with van der Waals surface area (Å²) in [6, 6.07) is 6.73. The maximum atomic E-state index is 14.2. The number of anilines is 2. The van der Waals surface area contributed by atoms with Crippen molar-refractivity contribution in [2.24, 2.45) is 0 Å². The average Bonchev–Trinajstić information content (AvgIpc) is 2.97. The van der Waals surface area contributed by atoms with Gasteiger partial charge in [-0.3, -0.25) is 4.90 Å². The first-order chi connectivity index (χ1) is 19.8. The Morgan fingerprint density at radius 1 is 1.15 bits per heavy atom. The number of nitrogens with one attached hydrogen (secondary N) is 1. The second-order valence-electron chi connectivity index (χ2n) is 10.2. The van der Waals surface area contributed by atoms with E-state index in [1.807, 2.05) is 6.07 Å². The first-order valence-electron chi connectivity index (χ1n) is 13.8. The zero-order valence-corrected chi connectivity index (χ0v) is 24.7. The summed E-state index contributed by atoms with van der Waals surface area (Å²) in [6.45, 7) is 11.1. The number of ether oxygens (including phenoxy) is 3. The van der Waals surface area contributed by atoms with Gasteiger partial charge in [0.1, 0.15) is 30.1 Å². The highest BCUT2D eigenvalue weighted by atomic mass is 35.5. The molecule has 0 amide bonds. The van der Waals surface area contributed by atoms with Crippen molar-refractivity contribution in [2.75, 3.05) is 69.7 Å². The van der Waals surface area contributed by atoms with Crippen LogP contribution in [0, 0.1) is 5.82 Å². The molecule has 1 aromatic carbocycles. The molecular formula is C29H35Cl2FN6O3. The van der Waals surface area contributed by atoms with Gasteiger partial charge < -0.3 is 30.2 Å². The molecule has 0 unspecified atom stereocenters. The summed E-state index contributed by atoms with van der Waals surface area (Å²) in [5.41, 5.74) is 7.99. The van der Waals surface area contributed by atoms with Crippen LogP contribution in [0.2, 0.25) is 10.0 Å². The van der Waals surface area contributed by atoms with E-state index < -0.39 is 11.9 Å². The Labute approximate surface area is 249 Å². The second-order valence-corrected chi connectivity index (χ2v) is 11.0. The van der Waals surface area contributed by atoms with Crippen molar-refractivity contribution in [3.63, 3.8) is 0 Å². The molecule has 2 saturated heterocycles. The Morgan fingerprint density at radius 2 is 1.95 bits per heavy atom. The molecule has 0 radical (unpaired) electrons. The number of morpholine rings is 1. The summed E-state index contributed by atoms with van der Waals surface area (Å²) in [7, 11) is 0. The number of nitrogens with zero attached hydrogens (tertiary/aromatic N) is 4. The number of nitrogen functional groups attached to an aromatic ring is 1. The number of benzene rings is 1. The lowest BCUT2D eigenvalue weighted by Gasteiger charge is -2.35. The van der Waals surface area contributed by atoms with Gasteiger partial charge >= 0.3 is 0 Å². The zero-order valence-electron chi connectivity index (χ0n) is 23.2. The van der Waals surface area contributed by atoms with Gasteiger partial charge in [-0.1, -0.05) is 23.2 Å². The second kappa shape index (κ2) is 13.4. The summed E-state index contributed by atoms with van der Waals surface area (Å²) < 4.78 is 32.1. The van der Waals surface area contributed by atoms with E-state index >= 15 is 0 Å². The minimum Gasteiger partial charge on any atom is -0.491 e. The lowest BCUT2D eigenvalue weighted by molar-refractivity contribution is 0.0323. The summed E-state index contributed by atoms with van der Waals surface area (Å²) in [6.07, 6.45) is 2.77. The lowest BCUT2D eigenvalue weighted by atomic mass is 10.1. The molecule has 41 heavy (non-hydrogen) atoms. The molecule has 0 saturated carbocycles. The van der Waals surface area contributed by atoms with E-state index in [1.165, 1.54) is 12.1 Å². The molecule has 2 aromatic heterocycles. The number of nitrogens with two attached hydrogens (primary N) is 1. The van der Waals surface area contributed by atoms with E-state index in [9.17, 15) is 4.39 Å². The SMILES string of the molecule is C[C@@H](Oc1cc(-c2cnc(N3CCNC[C@@H]3C)cc2OCCN2CCOCC2)cnc1N)c1c(Cl)ccc(F)c1Cl. The normalized spacial score (nSPS) is 18.8. The largest absolute Gasteiger partial charge is 0.491 e. The number of aromatic nitrogens is 2. The summed E-state index contributed by atoms with van der Waals surface area (Å²) in [4.78, 5) is 13.8. The molecule has 3 N–H and O–H groups in total. The Hall–Kier alpha value is -2.89. The third-order valence-corrected chi connectivity index (χ3v) is 8.11. The Bertz CT molecular complexity index is 1360. The van der Waals surface area contributed by atoms with Crippen LogP contribution in [0.3, 0.4) is 0 Å². The van der Waals surface area contributed by atoms with E-state index in [0.717, 1.165) is 63.9 Å². The minimum atomic E-state index is -0.691. The summed E-state index contributed by atoms with van der Waals surface area (Å²) in [5.74, 6) is 1.46. The highest BCUT2D eigenvalue weighted by Gasteiger charge is 2.23. The van der Waals surface area contributed by atoms with Crippen LogP contribution in [0.15, 0.2) is 36.7 Å². The Kier molecular flexibility index (Phi) is 9.67. The highest BCUT2D eigenvalue weighted by Crippen LogP contribution is 2.39. The molecule has 5 rings (SSSR count). The maximum absolute atomic E-state index is 14.2. The Morgan fingerprint density at radius 3 is 2.73 bits per heavy atom. The van der Waals surface area contributed by atoms with Crippen molar-refractivity contribution < 1.29 is 18.6 Å². The van der Waals surface area contributed by atoms with Crippen molar-refractivity contribution in [3.05, 3.63) is 58.1 Å². The number of hydrogen-bond donors (Lipinski definition) is 2. The standard InChI is InChI=1S/C29H35Cl2FN6O3/c1-18-15-34-5-6-38(18)26-14-24(40-12-9-37-7-10-39-11-8-37)21(17-35-26)20-13-25(29(33)36-16-20)41-19(2)27-22(30)3-4-23(32)28(27)31/h3-4,13-14,16-19,34H,5-12,15H2,1-2H3,(H2,33,36)/t18-,19+/m0/s1. The van der Waals surface area contributed by atoms with E-state index in [1.54, 1.807) is 25.4 Å². The average molecular weight is 606 g/mol. The lowest BCUT2D eigenvalue weighted by Crippen LogP contribution is -2.50. The van der Waals surface area contributed by atoms with Crippen LogP contribution in [0.5, 0.6) is 11.5 Å². The van der Waals surface area contributed by atoms with Crippen LogP contribution < -0.4 is 25.4 Å². The number of rotatable bonds is 9. The fourth-order valence-corrected chi connectivity index (χ4v) is 5.75. The van der Waals surface area contributed by atoms with Crippen LogP contribution in [-0.2, 0) is 4.74 Å². The third kappa shape index (κ3) is 6.95. The fraction of sp³-hybridized carbons (Fsp3) is 0.448. The van der Waals surface area contributed by atoms with Gasteiger partial charge in [0.15, 0.2) is 11.6 Å². The van der Waals surface area contributed by atoms with Crippen molar-refractivity contribution in [1.82, 2.24) is 20.2 Å². The van der Waals surface area contributed by atoms with E-state index in [2.05, 4.69) is 27.0 Å². The molecule has 2 aliphatic rings. The molecule has 0 spiro atoms. The van der Waals surface area contributed by atoms with Gasteiger partial charge in [-0.25, -0.2) is 14.4 Å². The first kappa shape index (κ1) is 29.6. The molecule has 3 aromatic rings. The predicted octanol–water partition coefficient (Wildman–Crippen LogP) is 4.82. The van der Waals surface area contributed by atoms with Crippen molar-refractivity contribution in [2.45, 2.75) is 26.0 Å². The first-order valence-corrected chi connectivity index (χ1v) is 14.5. The number of halogens is 3. The molecule has 0 aliphatic carbocycles. The summed E-state index contributed by atoms with van der Waals surface area (Å²) in [5, 5.41) is 3.62. The van der Waals surface area contributed by atoms with Gasteiger partial charge in [-0.05, 0) is 32.0 Å². The molecule has 220 valence electrons. The fourth-order valence-electron chi connectivity index (χ4n) is 5.07. The molecule has 12 heteroatoms. The van der Waals surface area contributed by atoms with Crippen molar-refractivity contribution in [3.8, 4) is 22.6 Å². The topological polar surface area (TPSA) is 98.0 Å². The van der Waals surface area contributed by atoms with Crippen molar-refractivity contribution in [1.29, 1.82) is 0 Å². The Balaban J connectivity index is 1.43. The quantitative estimate of drug-likeness (QED) is 0.333. The molecular weight excluding hydrogens is 570 g/mol. The molecule has 2 aliphatic heterocycles. The highest BCUT2D eigenvalue weighted by molar-refractivity contribution is 6.36. The molecule has 2 atom stereocenters. The summed E-state index contributed by atoms with van der Waals surface area (Å²) >= 11 is 12.5.